The smallest absolute Gasteiger partial charge is 0.169 e. The molecule has 0 unspecified atom stereocenters. The number of thiazole rings is 1. The topological polar surface area (TPSA) is 28.2 Å². The van der Waals surface area contributed by atoms with Crippen molar-refractivity contribution < 1.29 is 0 Å². The van der Waals surface area contributed by atoms with Crippen LogP contribution in [0.4, 0.5) is 0 Å². The Morgan fingerprint density at radius 1 is 1.30 bits per heavy atom. The minimum atomic E-state index is 0.367. The summed E-state index contributed by atoms with van der Waals surface area (Å²) >= 11 is 7.39. The van der Waals surface area contributed by atoms with E-state index < -0.39 is 0 Å². The zero-order valence-electron chi connectivity index (χ0n) is 11.2. The molecule has 0 bridgehead atoms. The lowest BCUT2D eigenvalue weighted by molar-refractivity contribution is 0.392. The molecule has 1 N–H and O–H groups in total. The van der Waals surface area contributed by atoms with Crippen molar-refractivity contribution in [3.05, 3.63) is 29.3 Å². The summed E-state index contributed by atoms with van der Waals surface area (Å²) in [6, 6.07) is 9.37. The van der Waals surface area contributed by atoms with Gasteiger partial charge in [0.1, 0.15) is 5.01 Å². The van der Waals surface area contributed by atoms with Gasteiger partial charge in [-0.3, -0.25) is 0 Å². The number of thiocarbonyl (C=S) groups is 1. The second-order valence-corrected chi connectivity index (χ2v) is 7.04. The van der Waals surface area contributed by atoms with Crippen LogP contribution in [0, 0.1) is 0 Å². The number of fused-ring (bicyclic) bond motifs is 1. The molecule has 1 aromatic heterocycles. The Hall–Kier alpha value is -1.20. The normalized spacial score (nSPS) is 22.4. The van der Waals surface area contributed by atoms with Crippen LogP contribution in [0.1, 0.15) is 36.7 Å². The Kier molecular flexibility index (Phi) is 3.11. The second-order valence-electron chi connectivity index (χ2n) is 5.60. The highest BCUT2D eigenvalue weighted by Crippen LogP contribution is 2.36. The first-order chi connectivity index (χ1) is 9.81. The van der Waals surface area contributed by atoms with Crippen molar-refractivity contribution in [2.24, 2.45) is 0 Å². The number of hydrogen-bond acceptors (Lipinski definition) is 3. The van der Waals surface area contributed by atoms with Crippen molar-refractivity contribution in [3.63, 3.8) is 0 Å². The van der Waals surface area contributed by atoms with E-state index >= 15 is 0 Å². The summed E-state index contributed by atoms with van der Waals surface area (Å²) in [5, 5.41) is 5.60. The van der Waals surface area contributed by atoms with Gasteiger partial charge in [0.2, 0.25) is 0 Å². The molecule has 20 heavy (non-hydrogen) atoms. The van der Waals surface area contributed by atoms with E-state index in [-0.39, 0.29) is 0 Å². The summed E-state index contributed by atoms with van der Waals surface area (Å²) in [5.74, 6) is 0. The molecule has 1 aliphatic heterocycles. The number of nitrogens with one attached hydrogen (secondary N) is 1. The van der Waals surface area contributed by atoms with Crippen LogP contribution in [-0.4, -0.2) is 27.6 Å². The van der Waals surface area contributed by atoms with Crippen LogP contribution in [0.3, 0.4) is 0 Å². The summed E-state index contributed by atoms with van der Waals surface area (Å²) in [6.45, 7) is 1.05. The van der Waals surface area contributed by atoms with Gasteiger partial charge in [0, 0.05) is 12.6 Å². The lowest BCUT2D eigenvalue weighted by atomic mass is 10.2. The lowest BCUT2D eigenvalue weighted by Crippen LogP contribution is -2.40. The molecule has 3 nitrogen and oxygen atoms in total. The molecule has 2 fully saturated rings. The van der Waals surface area contributed by atoms with E-state index in [1.165, 1.54) is 29.0 Å². The van der Waals surface area contributed by atoms with Gasteiger partial charge < -0.3 is 10.2 Å². The molecule has 0 amide bonds. The van der Waals surface area contributed by atoms with E-state index in [1.54, 1.807) is 0 Å². The Morgan fingerprint density at radius 3 is 2.95 bits per heavy atom. The monoisotopic (exact) mass is 303 g/mol. The summed E-state index contributed by atoms with van der Waals surface area (Å²) < 4.78 is 1.27. The van der Waals surface area contributed by atoms with Crippen molar-refractivity contribution in [1.82, 2.24) is 15.2 Å². The summed E-state index contributed by atoms with van der Waals surface area (Å²) in [6.07, 6.45) is 4.89. The predicted octanol–water partition coefficient (Wildman–Crippen LogP) is 3.47. The zero-order valence-corrected chi connectivity index (χ0v) is 12.8. The maximum atomic E-state index is 5.58. The van der Waals surface area contributed by atoms with Gasteiger partial charge in [-0.05, 0) is 50.0 Å². The maximum absolute atomic E-state index is 5.58. The third-order valence-corrected chi connectivity index (χ3v) is 5.50. The molecule has 1 atom stereocenters. The molecular weight excluding hydrogens is 286 g/mol. The first-order valence-corrected chi connectivity index (χ1v) is 8.46. The Bertz CT molecular complexity index is 614. The van der Waals surface area contributed by atoms with E-state index in [1.807, 2.05) is 11.3 Å². The average Bonchev–Trinajstić information content (AvgIpc) is 3.00. The van der Waals surface area contributed by atoms with Crippen molar-refractivity contribution in [1.29, 1.82) is 0 Å². The number of hydrogen-bond donors (Lipinski definition) is 1. The van der Waals surface area contributed by atoms with Crippen LogP contribution in [0.25, 0.3) is 10.2 Å². The standard InChI is InChI=1S/C15H17N3S2/c19-15(16-10-7-8-10)18-9-3-5-12(18)14-17-11-4-1-2-6-13(11)20-14/h1-2,4,6,10,12H,3,5,7-9H2,(H,16,19)/t12-/m1/s1. The predicted molar refractivity (Wildman–Crippen MR) is 87.1 cm³/mol. The number of benzene rings is 1. The molecule has 1 aliphatic carbocycles. The summed E-state index contributed by atoms with van der Waals surface area (Å²) in [5.41, 5.74) is 1.11. The van der Waals surface area contributed by atoms with Gasteiger partial charge in [0.15, 0.2) is 5.11 Å². The maximum Gasteiger partial charge on any atom is 0.169 e. The quantitative estimate of drug-likeness (QED) is 0.860. The van der Waals surface area contributed by atoms with Gasteiger partial charge in [-0.2, -0.15) is 0 Å². The summed E-state index contributed by atoms with van der Waals surface area (Å²) in [4.78, 5) is 7.15. The lowest BCUT2D eigenvalue weighted by Gasteiger charge is -2.26. The summed E-state index contributed by atoms with van der Waals surface area (Å²) in [7, 11) is 0. The van der Waals surface area contributed by atoms with E-state index in [0.29, 0.717) is 12.1 Å². The molecule has 104 valence electrons. The Balaban J connectivity index is 1.60. The fraction of sp³-hybridized carbons (Fsp3) is 0.467. The van der Waals surface area contributed by atoms with Crippen LogP contribution >= 0.6 is 23.6 Å². The molecule has 0 spiro atoms. The van der Waals surface area contributed by atoms with Crippen LogP contribution in [0.15, 0.2) is 24.3 Å². The second kappa shape index (κ2) is 4.97. The molecule has 1 saturated heterocycles. The third kappa shape index (κ3) is 2.29. The highest BCUT2D eigenvalue weighted by atomic mass is 32.1. The van der Waals surface area contributed by atoms with Gasteiger partial charge in [0.25, 0.3) is 0 Å². The zero-order chi connectivity index (χ0) is 13.5. The minimum absolute atomic E-state index is 0.367. The Labute approximate surface area is 128 Å². The number of rotatable bonds is 2. The highest BCUT2D eigenvalue weighted by Gasteiger charge is 2.32. The first kappa shape index (κ1) is 12.5. The van der Waals surface area contributed by atoms with Crippen molar-refractivity contribution in [2.45, 2.75) is 37.8 Å². The molecule has 2 heterocycles. The van der Waals surface area contributed by atoms with E-state index in [2.05, 4.69) is 34.5 Å². The van der Waals surface area contributed by atoms with Crippen molar-refractivity contribution in [2.75, 3.05) is 6.54 Å². The minimum Gasteiger partial charge on any atom is -0.360 e. The molecule has 1 aromatic carbocycles. The van der Waals surface area contributed by atoms with Crippen LogP contribution < -0.4 is 5.32 Å². The number of aromatic nitrogens is 1. The van der Waals surface area contributed by atoms with Gasteiger partial charge in [-0.1, -0.05) is 12.1 Å². The highest BCUT2D eigenvalue weighted by molar-refractivity contribution is 7.80. The van der Waals surface area contributed by atoms with E-state index in [0.717, 1.165) is 23.6 Å². The molecule has 2 aromatic rings. The fourth-order valence-electron chi connectivity index (χ4n) is 2.78. The SMILES string of the molecule is S=C(NC1CC1)N1CCC[C@@H]1c1nc2ccccc2s1. The number of likely N-dealkylation sites (tertiary alicyclic amines) is 1. The molecule has 4 rings (SSSR count). The van der Waals surface area contributed by atoms with Gasteiger partial charge in [-0.25, -0.2) is 4.98 Å². The molecule has 0 radical (unpaired) electrons. The van der Waals surface area contributed by atoms with E-state index in [9.17, 15) is 0 Å². The third-order valence-electron chi connectivity index (χ3n) is 4.01. The van der Waals surface area contributed by atoms with Crippen molar-refractivity contribution >= 4 is 38.9 Å². The van der Waals surface area contributed by atoms with Gasteiger partial charge in [0.05, 0.1) is 16.3 Å². The van der Waals surface area contributed by atoms with Crippen LogP contribution in [-0.2, 0) is 0 Å². The molecule has 1 saturated carbocycles. The molecule has 5 heteroatoms. The van der Waals surface area contributed by atoms with Crippen molar-refractivity contribution in [3.8, 4) is 0 Å². The van der Waals surface area contributed by atoms with Crippen LogP contribution in [0.2, 0.25) is 0 Å². The average molecular weight is 303 g/mol. The Morgan fingerprint density at radius 2 is 2.15 bits per heavy atom. The first-order valence-electron chi connectivity index (χ1n) is 7.24. The molecule has 2 aliphatic rings. The van der Waals surface area contributed by atoms with Gasteiger partial charge >= 0.3 is 0 Å². The largest absolute Gasteiger partial charge is 0.360 e. The fourth-order valence-corrected chi connectivity index (χ4v) is 4.28. The van der Waals surface area contributed by atoms with Gasteiger partial charge in [-0.15, -0.1) is 11.3 Å². The number of para-hydroxylation sites is 1. The molecular formula is C15H17N3S2. The number of nitrogens with zero attached hydrogens (tertiary/aromatic N) is 2. The van der Waals surface area contributed by atoms with Crippen LogP contribution in [0.5, 0.6) is 0 Å². The van der Waals surface area contributed by atoms with E-state index in [4.69, 9.17) is 17.2 Å².